The number of carbonyl (C=O) groups is 1. The number of nitrogens with zero attached hydrogens (tertiary/aromatic N) is 1. The summed E-state index contributed by atoms with van der Waals surface area (Å²) in [6, 6.07) is 10.4. The number of benzene rings is 2. The molecule has 0 bridgehead atoms. The molecule has 0 unspecified atom stereocenters. The molecule has 0 saturated carbocycles. The fourth-order valence-corrected chi connectivity index (χ4v) is 3.95. The molecular formula is C19H15F3N2O3S2. The van der Waals surface area contributed by atoms with Crippen LogP contribution in [0.15, 0.2) is 59.6 Å². The molecule has 0 aliphatic heterocycles. The van der Waals surface area contributed by atoms with E-state index in [1.807, 2.05) is 0 Å². The van der Waals surface area contributed by atoms with Gasteiger partial charge in [-0.2, -0.15) is 13.2 Å². The standard InChI is InChI=1S/C19H15F3N2O3S2/c1-29(26,27)16-8-4-13(5-9-16)17(25)24-18-23-11-15(28-18)10-12-2-6-14(7-3-12)19(20,21)22/h2-9,11H,10H2,1H3,(H,23,24,25). The molecule has 1 N–H and O–H groups in total. The Morgan fingerprint density at radius 2 is 1.69 bits per heavy atom. The van der Waals surface area contributed by atoms with Gasteiger partial charge in [-0.3, -0.25) is 10.1 Å². The van der Waals surface area contributed by atoms with Crippen LogP contribution in [0.1, 0.15) is 26.4 Å². The Morgan fingerprint density at radius 3 is 2.24 bits per heavy atom. The molecule has 10 heteroatoms. The number of halogens is 3. The van der Waals surface area contributed by atoms with Crippen LogP contribution in [0.4, 0.5) is 18.3 Å². The lowest BCUT2D eigenvalue weighted by Crippen LogP contribution is -2.11. The fourth-order valence-electron chi connectivity index (χ4n) is 2.48. The smallest absolute Gasteiger partial charge is 0.298 e. The Kier molecular flexibility index (Phi) is 5.76. The molecule has 1 heterocycles. The SMILES string of the molecule is CS(=O)(=O)c1ccc(C(=O)Nc2ncc(Cc3ccc(C(F)(F)F)cc3)s2)cc1. The predicted octanol–water partition coefficient (Wildman–Crippen LogP) is 4.41. The monoisotopic (exact) mass is 440 g/mol. The minimum absolute atomic E-state index is 0.113. The van der Waals surface area contributed by atoms with E-state index < -0.39 is 27.5 Å². The zero-order chi connectivity index (χ0) is 21.2. The van der Waals surface area contributed by atoms with Crippen LogP contribution in [0.25, 0.3) is 0 Å². The second kappa shape index (κ2) is 7.96. The number of thiazole rings is 1. The summed E-state index contributed by atoms with van der Waals surface area (Å²) >= 11 is 1.21. The number of carbonyl (C=O) groups excluding carboxylic acids is 1. The molecule has 0 saturated heterocycles. The molecule has 0 fully saturated rings. The topological polar surface area (TPSA) is 76.1 Å². The van der Waals surface area contributed by atoms with Crippen molar-refractivity contribution >= 4 is 32.2 Å². The lowest BCUT2D eigenvalue weighted by atomic mass is 10.1. The van der Waals surface area contributed by atoms with Gasteiger partial charge in [0.2, 0.25) is 0 Å². The van der Waals surface area contributed by atoms with Gasteiger partial charge in [-0.1, -0.05) is 12.1 Å². The first-order chi connectivity index (χ1) is 13.5. The average molecular weight is 440 g/mol. The van der Waals surface area contributed by atoms with Gasteiger partial charge in [-0.25, -0.2) is 13.4 Å². The van der Waals surface area contributed by atoms with Crippen LogP contribution in [0.5, 0.6) is 0 Å². The molecule has 0 atom stereocenters. The van der Waals surface area contributed by atoms with Crippen molar-refractivity contribution in [2.45, 2.75) is 17.5 Å². The van der Waals surface area contributed by atoms with Gasteiger partial charge in [0, 0.05) is 29.3 Å². The third-order valence-electron chi connectivity index (χ3n) is 3.98. The summed E-state index contributed by atoms with van der Waals surface area (Å²) in [4.78, 5) is 17.3. The molecule has 29 heavy (non-hydrogen) atoms. The molecule has 0 radical (unpaired) electrons. The summed E-state index contributed by atoms with van der Waals surface area (Å²) in [7, 11) is -3.35. The highest BCUT2D eigenvalue weighted by molar-refractivity contribution is 7.90. The molecule has 5 nitrogen and oxygen atoms in total. The van der Waals surface area contributed by atoms with Crippen molar-refractivity contribution < 1.29 is 26.4 Å². The van der Waals surface area contributed by atoms with Gasteiger partial charge >= 0.3 is 6.18 Å². The minimum Gasteiger partial charge on any atom is -0.298 e. The Bertz CT molecular complexity index is 1120. The first-order valence-electron chi connectivity index (χ1n) is 8.25. The quantitative estimate of drug-likeness (QED) is 0.638. The summed E-state index contributed by atoms with van der Waals surface area (Å²) in [6.45, 7) is 0. The van der Waals surface area contributed by atoms with Crippen molar-refractivity contribution in [1.82, 2.24) is 4.98 Å². The fraction of sp³-hybridized carbons (Fsp3) is 0.158. The molecule has 0 spiro atoms. The number of alkyl halides is 3. The van der Waals surface area contributed by atoms with Crippen molar-refractivity contribution in [2.24, 2.45) is 0 Å². The number of anilines is 1. The number of aromatic nitrogens is 1. The zero-order valence-electron chi connectivity index (χ0n) is 15.0. The van der Waals surface area contributed by atoms with Gasteiger partial charge in [-0.15, -0.1) is 11.3 Å². The number of hydrogen-bond donors (Lipinski definition) is 1. The van der Waals surface area contributed by atoms with Crippen molar-refractivity contribution in [3.63, 3.8) is 0 Å². The summed E-state index contributed by atoms with van der Waals surface area (Å²) in [5.74, 6) is -0.444. The summed E-state index contributed by atoms with van der Waals surface area (Å²) in [5.41, 5.74) is 0.258. The van der Waals surface area contributed by atoms with E-state index in [0.29, 0.717) is 17.1 Å². The number of nitrogens with one attached hydrogen (secondary N) is 1. The highest BCUT2D eigenvalue weighted by atomic mass is 32.2. The zero-order valence-corrected chi connectivity index (χ0v) is 16.7. The van der Waals surface area contributed by atoms with Crippen molar-refractivity contribution in [1.29, 1.82) is 0 Å². The van der Waals surface area contributed by atoms with E-state index in [0.717, 1.165) is 23.3 Å². The van der Waals surface area contributed by atoms with Gasteiger partial charge in [0.15, 0.2) is 15.0 Å². The summed E-state index contributed by atoms with van der Waals surface area (Å²) in [5, 5.41) is 2.96. The maximum absolute atomic E-state index is 12.6. The Balaban J connectivity index is 1.65. The molecular weight excluding hydrogens is 425 g/mol. The van der Waals surface area contributed by atoms with E-state index in [2.05, 4.69) is 10.3 Å². The van der Waals surface area contributed by atoms with E-state index in [4.69, 9.17) is 0 Å². The molecule has 0 aliphatic rings. The second-order valence-corrected chi connectivity index (χ2v) is 9.38. The Labute approximate surface area is 169 Å². The minimum atomic E-state index is -4.38. The average Bonchev–Trinajstić information content (AvgIpc) is 3.07. The number of sulfone groups is 1. The van der Waals surface area contributed by atoms with E-state index in [9.17, 15) is 26.4 Å². The molecule has 152 valence electrons. The maximum Gasteiger partial charge on any atom is 0.416 e. The summed E-state index contributed by atoms with van der Waals surface area (Å²) < 4.78 is 60.8. The van der Waals surface area contributed by atoms with Crippen LogP contribution < -0.4 is 5.32 Å². The third-order valence-corrected chi connectivity index (χ3v) is 6.02. The van der Waals surface area contributed by atoms with E-state index in [1.165, 1.54) is 47.7 Å². The van der Waals surface area contributed by atoms with Gasteiger partial charge < -0.3 is 0 Å². The maximum atomic E-state index is 12.6. The normalized spacial score (nSPS) is 12.0. The van der Waals surface area contributed by atoms with Crippen molar-refractivity contribution in [3.8, 4) is 0 Å². The number of rotatable bonds is 5. The van der Waals surface area contributed by atoms with Crippen molar-refractivity contribution in [3.05, 3.63) is 76.3 Å². The van der Waals surface area contributed by atoms with Crippen LogP contribution in [0, 0.1) is 0 Å². The van der Waals surface area contributed by atoms with Crippen LogP contribution in [0.3, 0.4) is 0 Å². The molecule has 2 aromatic carbocycles. The molecule has 3 aromatic rings. The van der Waals surface area contributed by atoms with E-state index in [-0.39, 0.29) is 10.5 Å². The second-order valence-electron chi connectivity index (χ2n) is 6.25. The Hall–Kier alpha value is -2.72. The van der Waals surface area contributed by atoms with Crippen molar-refractivity contribution in [2.75, 3.05) is 11.6 Å². The van der Waals surface area contributed by atoms with Gasteiger partial charge in [0.25, 0.3) is 5.91 Å². The lowest BCUT2D eigenvalue weighted by Gasteiger charge is -2.06. The number of hydrogen-bond acceptors (Lipinski definition) is 5. The van der Waals surface area contributed by atoms with Crippen LogP contribution in [-0.2, 0) is 22.4 Å². The van der Waals surface area contributed by atoms with Gasteiger partial charge in [0.05, 0.1) is 10.5 Å². The van der Waals surface area contributed by atoms with Crippen LogP contribution >= 0.6 is 11.3 Å². The molecule has 1 aromatic heterocycles. The van der Waals surface area contributed by atoms with Gasteiger partial charge in [-0.05, 0) is 42.0 Å². The van der Waals surface area contributed by atoms with Gasteiger partial charge in [0.1, 0.15) is 0 Å². The third kappa shape index (κ3) is 5.42. The number of amides is 1. The predicted molar refractivity (Wildman–Crippen MR) is 104 cm³/mol. The van der Waals surface area contributed by atoms with Crippen LogP contribution in [0.2, 0.25) is 0 Å². The lowest BCUT2D eigenvalue weighted by molar-refractivity contribution is -0.137. The first kappa shape index (κ1) is 21.0. The van der Waals surface area contributed by atoms with Crippen LogP contribution in [-0.4, -0.2) is 25.6 Å². The Morgan fingerprint density at radius 1 is 1.07 bits per heavy atom. The molecule has 3 rings (SSSR count). The highest BCUT2D eigenvalue weighted by Crippen LogP contribution is 2.30. The van der Waals surface area contributed by atoms with E-state index in [1.54, 1.807) is 6.20 Å². The molecule has 1 amide bonds. The largest absolute Gasteiger partial charge is 0.416 e. The highest BCUT2D eigenvalue weighted by Gasteiger charge is 2.29. The first-order valence-corrected chi connectivity index (χ1v) is 11.0. The summed E-state index contributed by atoms with van der Waals surface area (Å²) in [6.07, 6.45) is -1.37. The van der Waals surface area contributed by atoms with E-state index >= 15 is 0 Å². The molecule has 0 aliphatic carbocycles.